The molecular weight excluding hydrogens is 175 g/mol. The third kappa shape index (κ3) is 1.89. The van der Waals surface area contributed by atoms with Gasteiger partial charge in [0, 0.05) is 5.82 Å². The van der Waals surface area contributed by atoms with Crippen molar-refractivity contribution in [2.45, 2.75) is 58.1 Å². The van der Waals surface area contributed by atoms with E-state index in [1.54, 1.807) is 0 Å². The van der Waals surface area contributed by atoms with E-state index in [2.05, 4.69) is 41.2 Å². The normalized spacial score (nSPS) is 26.2. The average molecular weight is 196 g/mol. The summed E-state index contributed by atoms with van der Waals surface area (Å²) < 4.78 is 11.8. The maximum atomic E-state index is 5.91. The first-order valence-electron chi connectivity index (χ1n) is 5.32. The minimum absolute atomic E-state index is 0.137. The van der Waals surface area contributed by atoms with Gasteiger partial charge in [0.1, 0.15) is 0 Å². The highest BCUT2D eigenvalue weighted by Crippen LogP contribution is 2.40. The molecule has 0 spiro atoms. The standard InChI is InChI=1S/C11H21BO2/c1-7-9(8-2)12-13-10(3,4)11(5,6)14-12/h7,9H,1,8H2,2-6H3/t9-/m1/s1. The summed E-state index contributed by atoms with van der Waals surface area (Å²) in [5.41, 5.74) is -0.456. The summed E-state index contributed by atoms with van der Waals surface area (Å²) in [6, 6.07) is 0. The topological polar surface area (TPSA) is 18.5 Å². The van der Waals surface area contributed by atoms with E-state index in [0.29, 0.717) is 0 Å². The van der Waals surface area contributed by atoms with Crippen LogP contribution in [0.25, 0.3) is 0 Å². The van der Waals surface area contributed by atoms with Crippen LogP contribution in [0.4, 0.5) is 0 Å². The van der Waals surface area contributed by atoms with Crippen molar-refractivity contribution in [2.24, 2.45) is 0 Å². The molecule has 80 valence electrons. The Labute approximate surface area is 87.8 Å². The summed E-state index contributed by atoms with van der Waals surface area (Å²) in [5.74, 6) is 0.288. The van der Waals surface area contributed by atoms with Crippen molar-refractivity contribution in [1.82, 2.24) is 0 Å². The van der Waals surface area contributed by atoms with Gasteiger partial charge in [0.2, 0.25) is 0 Å². The molecule has 1 aliphatic heterocycles. The third-order valence-corrected chi connectivity index (χ3v) is 3.40. The quantitative estimate of drug-likeness (QED) is 0.510. The van der Waals surface area contributed by atoms with Crippen molar-refractivity contribution < 1.29 is 9.31 Å². The Bertz CT molecular complexity index is 207. The zero-order valence-corrected chi connectivity index (χ0v) is 9.96. The fraction of sp³-hybridized carbons (Fsp3) is 0.818. The van der Waals surface area contributed by atoms with Gasteiger partial charge in [0.25, 0.3) is 0 Å². The van der Waals surface area contributed by atoms with E-state index in [-0.39, 0.29) is 24.1 Å². The molecule has 0 N–H and O–H groups in total. The first kappa shape index (κ1) is 11.8. The van der Waals surface area contributed by atoms with E-state index in [1.165, 1.54) is 0 Å². The Morgan fingerprint density at radius 1 is 1.21 bits per heavy atom. The van der Waals surface area contributed by atoms with Crippen molar-refractivity contribution in [3.05, 3.63) is 12.7 Å². The van der Waals surface area contributed by atoms with Gasteiger partial charge >= 0.3 is 7.12 Å². The summed E-state index contributed by atoms with van der Waals surface area (Å²) in [4.78, 5) is 0. The molecule has 1 aliphatic rings. The predicted octanol–water partition coefficient (Wildman–Crippen LogP) is 3.04. The van der Waals surface area contributed by atoms with Crippen molar-refractivity contribution in [2.75, 3.05) is 0 Å². The van der Waals surface area contributed by atoms with E-state index in [1.807, 2.05) is 6.08 Å². The van der Waals surface area contributed by atoms with E-state index < -0.39 is 0 Å². The molecule has 0 aliphatic carbocycles. The van der Waals surface area contributed by atoms with Gasteiger partial charge in [-0.05, 0) is 27.7 Å². The van der Waals surface area contributed by atoms with Gasteiger partial charge in [-0.1, -0.05) is 19.4 Å². The molecule has 0 amide bonds. The lowest BCUT2D eigenvalue weighted by Gasteiger charge is -2.32. The van der Waals surface area contributed by atoms with Crippen molar-refractivity contribution in [1.29, 1.82) is 0 Å². The van der Waals surface area contributed by atoms with Crippen molar-refractivity contribution in [3.63, 3.8) is 0 Å². The van der Waals surface area contributed by atoms with Gasteiger partial charge in [0.05, 0.1) is 11.2 Å². The summed E-state index contributed by atoms with van der Waals surface area (Å²) in [6.07, 6.45) is 2.92. The van der Waals surface area contributed by atoms with E-state index >= 15 is 0 Å². The summed E-state index contributed by atoms with van der Waals surface area (Å²) in [7, 11) is -0.137. The summed E-state index contributed by atoms with van der Waals surface area (Å²) in [6.45, 7) is 14.2. The van der Waals surface area contributed by atoms with Gasteiger partial charge < -0.3 is 9.31 Å². The SMILES string of the molecule is C=C[C@H](CC)B1OC(C)(C)C(C)(C)O1. The Kier molecular flexibility index (Phi) is 3.12. The molecule has 1 heterocycles. The number of hydrogen-bond donors (Lipinski definition) is 0. The number of hydrogen-bond acceptors (Lipinski definition) is 2. The number of allylic oxidation sites excluding steroid dienone is 1. The van der Waals surface area contributed by atoms with Crippen LogP contribution in [-0.2, 0) is 9.31 Å². The van der Waals surface area contributed by atoms with Gasteiger partial charge in [-0.3, -0.25) is 0 Å². The molecule has 1 fully saturated rings. The Morgan fingerprint density at radius 3 is 1.93 bits per heavy atom. The molecule has 1 atom stereocenters. The fourth-order valence-corrected chi connectivity index (χ4v) is 1.53. The van der Waals surface area contributed by atoms with Gasteiger partial charge in [-0.2, -0.15) is 0 Å². The zero-order valence-electron chi connectivity index (χ0n) is 9.96. The predicted molar refractivity (Wildman–Crippen MR) is 60.3 cm³/mol. The first-order chi connectivity index (χ1) is 6.34. The molecule has 0 aromatic rings. The van der Waals surface area contributed by atoms with E-state index in [0.717, 1.165) is 6.42 Å². The van der Waals surface area contributed by atoms with Crippen LogP contribution in [0.2, 0.25) is 5.82 Å². The average Bonchev–Trinajstić information content (AvgIpc) is 2.23. The molecule has 1 rings (SSSR count). The van der Waals surface area contributed by atoms with Crippen molar-refractivity contribution in [3.8, 4) is 0 Å². The van der Waals surface area contributed by atoms with Crippen LogP contribution < -0.4 is 0 Å². The van der Waals surface area contributed by atoms with Crippen LogP contribution in [0, 0.1) is 0 Å². The van der Waals surface area contributed by atoms with Crippen LogP contribution in [0.5, 0.6) is 0 Å². The largest absolute Gasteiger partial charge is 0.465 e. The van der Waals surface area contributed by atoms with Crippen LogP contribution >= 0.6 is 0 Å². The minimum Gasteiger partial charge on any atom is -0.403 e. The second-order valence-electron chi connectivity index (χ2n) is 4.93. The summed E-state index contributed by atoms with van der Waals surface area (Å²) >= 11 is 0. The lowest BCUT2D eigenvalue weighted by atomic mass is 9.70. The van der Waals surface area contributed by atoms with Crippen LogP contribution in [0.15, 0.2) is 12.7 Å². The van der Waals surface area contributed by atoms with Crippen LogP contribution in [-0.4, -0.2) is 18.3 Å². The van der Waals surface area contributed by atoms with Gasteiger partial charge in [-0.15, -0.1) is 6.58 Å². The van der Waals surface area contributed by atoms with E-state index in [9.17, 15) is 0 Å². The second kappa shape index (κ2) is 3.71. The Hall–Kier alpha value is -0.275. The lowest BCUT2D eigenvalue weighted by molar-refractivity contribution is 0.00578. The molecule has 0 aromatic heterocycles. The smallest absolute Gasteiger partial charge is 0.403 e. The van der Waals surface area contributed by atoms with Crippen LogP contribution in [0.1, 0.15) is 41.0 Å². The highest BCUT2D eigenvalue weighted by molar-refractivity contribution is 6.48. The maximum absolute atomic E-state index is 5.91. The maximum Gasteiger partial charge on any atom is 0.465 e. The highest BCUT2D eigenvalue weighted by atomic mass is 16.7. The molecule has 3 heteroatoms. The highest BCUT2D eigenvalue weighted by Gasteiger charge is 2.52. The van der Waals surface area contributed by atoms with Crippen molar-refractivity contribution >= 4 is 7.12 Å². The molecule has 1 saturated heterocycles. The number of rotatable bonds is 3. The molecule has 14 heavy (non-hydrogen) atoms. The second-order valence-corrected chi connectivity index (χ2v) is 4.93. The third-order valence-electron chi connectivity index (χ3n) is 3.40. The Morgan fingerprint density at radius 2 is 1.64 bits per heavy atom. The zero-order chi connectivity index (χ0) is 11.0. The molecule has 0 aromatic carbocycles. The molecule has 0 saturated carbocycles. The Balaban J connectivity index is 2.76. The molecule has 2 nitrogen and oxygen atoms in total. The fourth-order valence-electron chi connectivity index (χ4n) is 1.53. The van der Waals surface area contributed by atoms with Gasteiger partial charge in [-0.25, -0.2) is 0 Å². The summed E-state index contributed by atoms with van der Waals surface area (Å²) in [5, 5.41) is 0. The molecular formula is C11H21BO2. The lowest BCUT2D eigenvalue weighted by Crippen LogP contribution is -2.41. The monoisotopic (exact) mass is 196 g/mol. The minimum atomic E-state index is -0.228. The molecule has 0 unspecified atom stereocenters. The molecule has 0 bridgehead atoms. The molecule has 0 radical (unpaired) electrons. The van der Waals surface area contributed by atoms with Gasteiger partial charge in [0.15, 0.2) is 0 Å². The first-order valence-corrected chi connectivity index (χ1v) is 5.32. The van der Waals surface area contributed by atoms with Crippen LogP contribution in [0.3, 0.4) is 0 Å². The van der Waals surface area contributed by atoms with E-state index in [4.69, 9.17) is 9.31 Å².